The van der Waals surface area contributed by atoms with Crippen LogP contribution in [-0.4, -0.2) is 14.8 Å². The van der Waals surface area contributed by atoms with E-state index in [0.29, 0.717) is 10.8 Å². The van der Waals surface area contributed by atoms with Crippen molar-refractivity contribution in [2.24, 2.45) is 7.05 Å². The molecule has 5 heteroatoms. The number of rotatable bonds is 1. The smallest absolute Gasteiger partial charge is 0.142 e. The number of nitrogens with two attached hydrogens (primary N) is 1. The van der Waals surface area contributed by atoms with Gasteiger partial charge >= 0.3 is 0 Å². The maximum absolute atomic E-state index is 5.86. The molecule has 2 aromatic heterocycles. The first-order chi connectivity index (χ1) is 6.66. The van der Waals surface area contributed by atoms with E-state index in [2.05, 4.69) is 10.1 Å². The lowest BCUT2D eigenvalue weighted by Gasteiger charge is -1.99. The molecule has 0 aliphatic heterocycles. The average Bonchev–Trinajstić information content (AvgIpc) is 2.57. The van der Waals surface area contributed by atoms with Crippen molar-refractivity contribution < 1.29 is 0 Å². The Morgan fingerprint density at radius 3 is 2.71 bits per heavy atom. The molecule has 0 saturated carbocycles. The van der Waals surface area contributed by atoms with Crippen LogP contribution in [-0.2, 0) is 7.05 Å². The molecule has 0 spiro atoms. The van der Waals surface area contributed by atoms with Crippen molar-refractivity contribution in [3.05, 3.63) is 29.7 Å². The molecule has 0 saturated heterocycles. The van der Waals surface area contributed by atoms with E-state index >= 15 is 0 Å². The van der Waals surface area contributed by atoms with Crippen LogP contribution in [0.3, 0.4) is 0 Å². The van der Waals surface area contributed by atoms with Gasteiger partial charge in [-0.1, -0.05) is 11.6 Å². The molecule has 4 nitrogen and oxygen atoms in total. The zero-order valence-electron chi connectivity index (χ0n) is 7.61. The van der Waals surface area contributed by atoms with Gasteiger partial charge in [-0.25, -0.2) is 4.98 Å². The summed E-state index contributed by atoms with van der Waals surface area (Å²) in [5.74, 6) is 0.347. The van der Waals surface area contributed by atoms with Crippen LogP contribution in [0, 0.1) is 0 Å². The van der Waals surface area contributed by atoms with Gasteiger partial charge in [0.1, 0.15) is 5.82 Å². The normalized spacial score (nSPS) is 10.4. The minimum atomic E-state index is 0.347. The second-order valence-corrected chi connectivity index (χ2v) is 3.40. The lowest BCUT2D eigenvalue weighted by Crippen LogP contribution is -1.90. The zero-order valence-corrected chi connectivity index (χ0v) is 8.36. The average molecular weight is 209 g/mol. The molecule has 0 unspecified atom stereocenters. The van der Waals surface area contributed by atoms with Crippen LogP contribution in [0.5, 0.6) is 0 Å². The van der Waals surface area contributed by atoms with Crippen molar-refractivity contribution in [2.75, 3.05) is 5.73 Å². The largest absolute Gasteiger partial charge is 0.382 e. The molecule has 14 heavy (non-hydrogen) atoms. The summed E-state index contributed by atoms with van der Waals surface area (Å²) in [7, 11) is 1.86. The Labute approximate surface area is 86.3 Å². The minimum Gasteiger partial charge on any atom is -0.382 e. The third-order valence-electron chi connectivity index (χ3n) is 1.91. The summed E-state index contributed by atoms with van der Waals surface area (Å²) in [4.78, 5) is 3.97. The fraction of sp³-hybridized carbons (Fsp3) is 0.111. The van der Waals surface area contributed by atoms with Crippen LogP contribution in [0.2, 0.25) is 5.02 Å². The van der Waals surface area contributed by atoms with E-state index in [1.807, 2.05) is 13.2 Å². The summed E-state index contributed by atoms with van der Waals surface area (Å²) in [6.45, 7) is 0. The first kappa shape index (κ1) is 9.02. The standard InChI is InChI=1S/C9H9ClN4/c1-14-5-7(4-13-14)6-2-8(10)9(11)12-3-6/h2-5H,1H3,(H2,11,12). The summed E-state index contributed by atoms with van der Waals surface area (Å²) in [6, 6.07) is 1.78. The van der Waals surface area contributed by atoms with Crippen molar-refractivity contribution in [2.45, 2.75) is 0 Å². The van der Waals surface area contributed by atoms with E-state index in [9.17, 15) is 0 Å². The molecular weight excluding hydrogens is 200 g/mol. The highest BCUT2D eigenvalue weighted by Gasteiger charge is 2.03. The Kier molecular flexibility index (Phi) is 2.13. The van der Waals surface area contributed by atoms with E-state index in [0.717, 1.165) is 11.1 Å². The number of hydrogen-bond donors (Lipinski definition) is 1. The Morgan fingerprint density at radius 2 is 2.14 bits per heavy atom. The Bertz CT molecular complexity index is 464. The van der Waals surface area contributed by atoms with E-state index in [-0.39, 0.29) is 0 Å². The van der Waals surface area contributed by atoms with Gasteiger partial charge in [0.2, 0.25) is 0 Å². The number of halogens is 1. The lowest BCUT2D eigenvalue weighted by atomic mass is 10.2. The topological polar surface area (TPSA) is 56.7 Å². The van der Waals surface area contributed by atoms with Gasteiger partial charge in [-0.3, -0.25) is 4.68 Å². The fourth-order valence-electron chi connectivity index (χ4n) is 1.18. The van der Waals surface area contributed by atoms with Crippen LogP contribution in [0.1, 0.15) is 0 Å². The second-order valence-electron chi connectivity index (χ2n) is 2.99. The predicted molar refractivity (Wildman–Crippen MR) is 55.9 cm³/mol. The molecule has 2 N–H and O–H groups in total. The monoisotopic (exact) mass is 208 g/mol. The van der Waals surface area contributed by atoms with Gasteiger partial charge in [0.05, 0.1) is 11.2 Å². The van der Waals surface area contributed by atoms with Gasteiger partial charge in [0, 0.05) is 30.6 Å². The van der Waals surface area contributed by atoms with Gasteiger partial charge in [0.25, 0.3) is 0 Å². The maximum Gasteiger partial charge on any atom is 0.142 e. The lowest BCUT2D eigenvalue weighted by molar-refractivity contribution is 0.768. The molecule has 2 rings (SSSR count). The highest BCUT2D eigenvalue weighted by Crippen LogP contribution is 2.24. The van der Waals surface area contributed by atoms with Gasteiger partial charge in [-0.05, 0) is 6.07 Å². The quantitative estimate of drug-likeness (QED) is 0.777. The van der Waals surface area contributed by atoms with Crippen LogP contribution < -0.4 is 5.73 Å². The third kappa shape index (κ3) is 1.56. The molecule has 2 aromatic rings. The maximum atomic E-state index is 5.86. The summed E-state index contributed by atoms with van der Waals surface area (Å²) in [5, 5.41) is 4.52. The first-order valence-electron chi connectivity index (χ1n) is 4.07. The number of aromatic nitrogens is 3. The summed E-state index contributed by atoms with van der Waals surface area (Å²) >= 11 is 5.86. The summed E-state index contributed by atoms with van der Waals surface area (Å²) in [5.41, 5.74) is 7.40. The second kappa shape index (κ2) is 3.31. The Hall–Kier alpha value is -1.55. The molecule has 0 fully saturated rings. The predicted octanol–water partition coefficient (Wildman–Crippen LogP) is 1.72. The fourth-order valence-corrected chi connectivity index (χ4v) is 1.34. The van der Waals surface area contributed by atoms with Gasteiger partial charge in [0.15, 0.2) is 0 Å². The van der Waals surface area contributed by atoms with Crippen molar-refractivity contribution in [1.82, 2.24) is 14.8 Å². The van der Waals surface area contributed by atoms with E-state index in [1.54, 1.807) is 23.1 Å². The number of pyridine rings is 1. The molecule has 0 radical (unpaired) electrons. The van der Waals surface area contributed by atoms with E-state index in [1.165, 1.54) is 0 Å². The van der Waals surface area contributed by atoms with Crippen LogP contribution >= 0.6 is 11.6 Å². The number of nitrogen functional groups attached to an aromatic ring is 1. The minimum absolute atomic E-state index is 0.347. The number of aryl methyl sites for hydroxylation is 1. The molecule has 0 aliphatic carbocycles. The molecule has 72 valence electrons. The molecular formula is C9H9ClN4. The molecule has 2 heterocycles. The Balaban J connectivity index is 2.47. The van der Waals surface area contributed by atoms with Gasteiger partial charge < -0.3 is 5.73 Å². The number of hydrogen-bond acceptors (Lipinski definition) is 3. The number of nitrogens with zero attached hydrogens (tertiary/aromatic N) is 3. The van der Waals surface area contributed by atoms with Crippen LogP contribution in [0.4, 0.5) is 5.82 Å². The van der Waals surface area contributed by atoms with Gasteiger partial charge in [-0.2, -0.15) is 5.10 Å². The first-order valence-corrected chi connectivity index (χ1v) is 4.44. The molecule has 0 aliphatic rings. The van der Waals surface area contributed by atoms with Crippen LogP contribution in [0.25, 0.3) is 11.1 Å². The van der Waals surface area contributed by atoms with Gasteiger partial charge in [-0.15, -0.1) is 0 Å². The van der Waals surface area contributed by atoms with Crippen molar-refractivity contribution >= 4 is 17.4 Å². The molecule has 0 aromatic carbocycles. The van der Waals surface area contributed by atoms with Crippen molar-refractivity contribution in [1.29, 1.82) is 0 Å². The zero-order chi connectivity index (χ0) is 10.1. The van der Waals surface area contributed by atoms with E-state index in [4.69, 9.17) is 17.3 Å². The van der Waals surface area contributed by atoms with Crippen LogP contribution in [0.15, 0.2) is 24.7 Å². The number of anilines is 1. The third-order valence-corrected chi connectivity index (χ3v) is 2.21. The summed E-state index contributed by atoms with van der Waals surface area (Å²) < 4.78 is 1.72. The van der Waals surface area contributed by atoms with Crippen molar-refractivity contribution in [3.63, 3.8) is 0 Å². The molecule has 0 bridgehead atoms. The van der Waals surface area contributed by atoms with Crippen molar-refractivity contribution in [3.8, 4) is 11.1 Å². The Morgan fingerprint density at radius 1 is 1.36 bits per heavy atom. The SMILES string of the molecule is Cn1cc(-c2cnc(N)c(Cl)c2)cn1. The summed E-state index contributed by atoms with van der Waals surface area (Å²) in [6.07, 6.45) is 5.32. The highest BCUT2D eigenvalue weighted by atomic mass is 35.5. The van der Waals surface area contributed by atoms with E-state index < -0.39 is 0 Å². The molecule has 0 atom stereocenters. The highest BCUT2D eigenvalue weighted by molar-refractivity contribution is 6.33. The molecule has 0 amide bonds.